The van der Waals surface area contributed by atoms with Crippen LogP contribution in [0.5, 0.6) is 0 Å². The minimum absolute atomic E-state index is 0.0141. The van der Waals surface area contributed by atoms with E-state index in [4.69, 9.17) is 11.6 Å². The first-order valence-corrected chi connectivity index (χ1v) is 8.59. The van der Waals surface area contributed by atoms with Gasteiger partial charge in [-0.15, -0.1) is 0 Å². The van der Waals surface area contributed by atoms with Crippen LogP contribution in [-0.2, 0) is 18.3 Å². The van der Waals surface area contributed by atoms with Crippen LogP contribution >= 0.6 is 11.6 Å². The Morgan fingerprint density at radius 2 is 2.12 bits per heavy atom. The number of nitrogens with one attached hydrogen (secondary N) is 1. The van der Waals surface area contributed by atoms with Gasteiger partial charge in [0, 0.05) is 30.3 Å². The number of amides is 1. The van der Waals surface area contributed by atoms with Crippen LogP contribution < -0.4 is 5.32 Å². The van der Waals surface area contributed by atoms with Crippen molar-refractivity contribution in [3.8, 4) is 0 Å². The van der Waals surface area contributed by atoms with Gasteiger partial charge in [0.25, 0.3) is 0 Å². The van der Waals surface area contributed by atoms with Gasteiger partial charge < -0.3 is 10.4 Å². The lowest BCUT2D eigenvalue weighted by molar-refractivity contribution is -0.123. The van der Waals surface area contributed by atoms with E-state index in [9.17, 15) is 9.90 Å². The Morgan fingerprint density at radius 3 is 2.71 bits per heavy atom. The molecule has 24 heavy (non-hydrogen) atoms. The molecule has 1 amide bonds. The second-order valence-corrected chi connectivity index (χ2v) is 6.94. The lowest BCUT2D eigenvalue weighted by Crippen LogP contribution is -2.41. The Hall–Kier alpha value is -1.85. The highest BCUT2D eigenvalue weighted by molar-refractivity contribution is 6.30. The average Bonchev–Trinajstić information content (AvgIpc) is 2.96. The summed E-state index contributed by atoms with van der Waals surface area (Å²) in [4.78, 5) is 12.4. The quantitative estimate of drug-likeness (QED) is 0.844. The van der Waals surface area contributed by atoms with E-state index in [2.05, 4.69) is 10.4 Å². The van der Waals surface area contributed by atoms with Gasteiger partial charge in [-0.05, 0) is 42.9 Å². The maximum Gasteiger partial charge on any atom is 0.220 e. The summed E-state index contributed by atoms with van der Waals surface area (Å²) in [5.41, 5.74) is 2.08. The number of aliphatic hydroxyl groups excluding tert-OH is 1. The first-order valence-electron chi connectivity index (χ1n) is 8.21. The molecule has 1 aliphatic carbocycles. The lowest BCUT2D eigenvalue weighted by Gasteiger charge is -2.37. The number of carbonyl (C=O) groups is 1. The van der Waals surface area contributed by atoms with Gasteiger partial charge in [0.15, 0.2) is 0 Å². The standard InChI is InChI=1S/C18H22ClN3O2/c1-22-11-14(10-20-22)18(13-8-16(23)9-13)21-17(24)7-4-12-2-5-15(19)6-3-12/h2-3,5-6,10-11,13,16,18,23H,4,7-9H2,1H3,(H,21,24)/t13?,16?,18-/m1/s1. The first kappa shape index (κ1) is 17.0. The SMILES string of the molecule is Cn1cc([C@H](NC(=O)CCc2ccc(Cl)cc2)C2CC(O)C2)cn1. The summed E-state index contributed by atoms with van der Waals surface area (Å²) in [6.07, 6.45) is 6.00. The van der Waals surface area contributed by atoms with E-state index in [0.717, 1.165) is 24.0 Å². The van der Waals surface area contributed by atoms with Crippen LogP contribution in [0.3, 0.4) is 0 Å². The van der Waals surface area contributed by atoms with Gasteiger partial charge in [0.1, 0.15) is 0 Å². The predicted octanol–water partition coefficient (Wildman–Crippen LogP) is 2.63. The molecule has 128 valence electrons. The number of aliphatic hydroxyl groups is 1. The molecular weight excluding hydrogens is 326 g/mol. The molecule has 0 saturated heterocycles. The van der Waals surface area contributed by atoms with Crippen molar-refractivity contribution in [2.45, 2.75) is 37.8 Å². The molecule has 1 atom stereocenters. The van der Waals surface area contributed by atoms with Crippen molar-refractivity contribution in [1.82, 2.24) is 15.1 Å². The van der Waals surface area contributed by atoms with E-state index < -0.39 is 0 Å². The Balaban J connectivity index is 1.59. The van der Waals surface area contributed by atoms with Crippen molar-refractivity contribution in [2.24, 2.45) is 13.0 Å². The fraction of sp³-hybridized carbons (Fsp3) is 0.444. The number of rotatable bonds is 6. The van der Waals surface area contributed by atoms with Crippen LogP contribution in [0.1, 0.15) is 36.4 Å². The molecule has 2 N–H and O–H groups in total. The third-order valence-electron chi connectivity index (χ3n) is 4.58. The average molecular weight is 348 g/mol. The summed E-state index contributed by atoms with van der Waals surface area (Å²) < 4.78 is 1.73. The first-order chi connectivity index (χ1) is 11.5. The fourth-order valence-corrected chi connectivity index (χ4v) is 3.26. The number of hydrogen-bond donors (Lipinski definition) is 2. The Morgan fingerprint density at radius 1 is 1.42 bits per heavy atom. The number of aryl methyl sites for hydroxylation is 2. The van der Waals surface area contributed by atoms with Crippen molar-refractivity contribution >= 4 is 17.5 Å². The molecule has 1 fully saturated rings. The molecule has 0 radical (unpaired) electrons. The minimum Gasteiger partial charge on any atom is -0.393 e. The van der Waals surface area contributed by atoms with Gasteiger partial charge in [-0.2, -0.15) is 5.10 Å². The Labute approximate surface area is 146 Å². The van der Waals surface area contributed by atoms with Crippen molar-refractivity contribution in [1.29, 1.82) is 0 Å². The smallest absolute Gasteiger partial charge is 0.220 e. The molecule has 1 heterocycles. The van der Waals surface area contributed by atoms with Gasteiger partial charge in [-0.25, -0.2) is 0 Å². The van der Waals surface area contributed by atoms with E-state index in [0.29, 0.717) is 17.9 Å². The third kappa shape index (κ3) is 4.16. The molecule has 1 aromatic carbocycles. The van der Waals surface area contributed by atoms with Gasteiger partial charge >= 0.3 is 0 Å². The van der Waals surface area contributed by atoms with Crippen molar-refractivity contribution in [2.75, 3.05) is 0 Å². The molecule has 6 heteroatoms. The molecule has 5 nitrogen and oxygen atoms in total. The van der Waals surface area contributed by atoms with Crippen molar-refractivity contribution < 1.29 is 9.90 Å². The summed E-state index contributed by atoms with van der Waals surface area (Å²) in [6.45, 7) is 0. The van der Waals surface area contributed by atoms with Gasteiger partial charge in [-0.3, -0.25) is 9.48 Å². The molecule has 1 saturated carbocycles. The summed E-state index contributed by atoms with van der Waals surface area (Å²) in [5.74, 6) is 0.281. The minimum atomic E-state index is -0.250. The molecule has 3 rings (SSSR count). The van der Waals surface area contributed by atoms with E-state index in [1.54, 1.807) is 10.9 Å². The summed E-state index contributed by atoms with van der Waals surface area (Å²) in [5, 5.41) is 17.6. The van der Waals surface area contributed by atoms with E-state index in [1.165, 1.54) is 0 Å². The largest absolute Gasteiger partial charge is 0.393 e. The highest BCUT2D eigenvalue weighted by atomic mass is 35.5. The monoisotopic (exact) mass is 347 g/mol. The van der Waals surface area contributed by atoms with Gasteiger partial charge in [0.05, 0.1) is 18.3 Å². The number of aromatic nitrogens is 2. The highest BCUT2D eigenvalue weighted by Crippen LogP contribution is 2.38. The zero-order valence-electron chi connectivity index (χ0n) is 13.7. The maximum absolute atomic E-state index is 12.4. The van der Waals surface area contributed by atoms with E-state index >= 15 is 0 Å². The van der Waals surface area contributed by atoms with Gasteiger partial charge in [0.2, 0.25) is 5.91 Å². The normalized spacial score (nSPS) is 21.1. The maximum atomic E-state index is 12.4. The van der Waals surface area contributed by atoms with Crippen LogP contribution in [0.15, 0.2) is 36.7 Å². The van der Waals surface area contributed by atoms with Crippen LogP contribution in [0, 0.1) is 5.92 Å². The number of carbonyl (C=O) groups excluding carboxylic acids is 1. The summed E-state index contributed by atoms with van der Waals surface area (Å²) in [7, 11) is 1.86. The van der Waals surface area contributed by atoms with Gasteiger partial charge in [-0.1, -0.05) is 23.7 Å². The van der Waals surface area contributed by atoms with Crippen molar-refractivity contribution in [3.05, 3.63) is 52.8 Å². The zero-order chi connectivity index (χ0) is 17.1. The topological polar surface area (TPSA) is 67.2 Å². The lowest BCUT2D eigenvalue weighted by atomic mass is 9.75. The fourth-order valence-electron chi connectivity index (χ4n) is 3.13. The highest BCUT2D eigenvalue weighted by Gasteiger charge is 2.36. The molecule has 0 bridgehead atoms. The molecule has 2 aromatic rings. The molecular formula is C18H22ClN3O2. The Kier molecular flexibility index (Phi) is 5.21. The number of halogens is 1. The second kappa shape index (κ2) is 7.36. The molecule has 1 aromatic heterocycles. The summed E-state index contributed by atoms with van der Waals surface area (Å²) in [6, 6.07) is 7.47. The molecule has 0 unspecified atom stereocenters. The van der Waals surface area contributed by atoms with Crippen LogP contribution in [-0.4, -0.2) is 26.9 Å². The van der Waals surface area contributed by atoms with Crippen LogP contribution in [0.4, 0.5) is 0 Å². The number of nitrogens with zero attached hydrogens (tertiary/aromatic N) is 2. The molecule has 1 aliphatic rings. The third-order valence-corrected chi connectivity index (χ3v) is 4.83. The predicted molar refractivity (Wildman–Crippen MR) is 92.6 cm³/mol. The number of hydrogen-bond acceptors (Lipinski definition) is 3. The molecule has 0 aliphatic heterocycles. The van der Waals surface area contributed by atoms with Crippen LogP contribution in [0.25, 0.3) is 0 Å². The second-order valence-electron chi connectivity index (χ2n) is 6.50. The molecule has 0 spiro atoms. The van der Waals surface area contributed by atoms with Crippen molar-refractivity contribution in [3.63, 3.8) is 0 Å². The summed E-state index contributed by atoms with van der Waals surface area (Å²) >= 11 is 5.87. The zero-order valence-corrected chi connectivity index (χ0v) is 14.4. The Bertz CT molecular complexity index is 693. The van der Waals surface area contributed by atoms with Crippen LogP contribution in [0.2, 0.25) is 5.02 Å². The van der Waals surface area contributed by atoms with E-state index in [1.807, 2.05) is 37.5 Å². The van der Waals surface area contributed by atoms with E-state index in [-0.39, 0.29) is 24.0 Å². The number of benzene rings is 1.